The van der Waals surface area contributed by atoms with Crippen LogP contribution in [0.2, 0.25) is 0 Å². The Bertz CT molecular complexity index is 909. The number of carbonyl (C=O) groups is 2. The van der Waals surface area contributed by atoms with Crippen LogP contribution in [0.3, 0.4) is 0 Å². The highest BCUT2D eigenvalue weighted by Gasteiger charge is 2.17. The Morgan fingerprint density at radius 2 is 1.74 bits per heavy atom. The van der Waals surface area contributed by atoms with Crippen LogP contribution in [0.5, 0.6) is 0 Å². The van der Waals surface area contributed by atoms with Gasteiger partial charge < -0.3 is 10.6 Å². The number of nitrogens with one attached hydrogen (secondary N) is 3. The molecule has 0 atom stereocenters. The van der Waals surface area contributed by atoms with Crippen molar-refractivity contribution in [2.75, 3.05) is 11.9 Å². The minimum atomic E-state index is -3.96. The van der Waals surface area contributed by atoms with E-state index in [1.807, 2.05) is 11.6 Å². The van der Waals surface area contributed by atoms with Gasteiger partial charge in [0.15, 0.2) is 0 Å². The molecule has 7 nitrogen and oxygen atoms in total. The summed E-state index contributed by atoms with van der Waals surface area (Å²) in [6.07, 6.45) is 1.89. The fraction of sp³-hybridized carbons (Fsp3) is 0.263. The summed E-state index contributed by atoms with van der Waals surface area (Å²) >= 11 is 0. The number of carbonyl (C=O) groups excluding carboxylic acids is 2. The first-order valence-corrected chi connectivity index (χ1v) is 10.1. The molecule has 0 saturated heterocycles. The fourth-order valence-electron chi connectivity index (χ4n) is 2.31. The van der Waals surface area contributed by atoms with Crippen LogP contribution in [0.4, 0.5) is 10.5 Å². The van der Waals surface area contributed by atoms with Crippen molar-refractivity contribution in [3.63, 3.8) is 0 Å². The van der Waals surface area contributed by atoms with E-state index in [1.54, 1.807) is 31.2 Å². The van der Waals surface area contributed by atoms with Gasteiger partial charge >= 0.3 is 6.03 Å². The van der Waals surface area contributed by atoms with Gasteiger partial charge in [0, 0.05) is 17.8 Å². The molecule has 2 rings (SSSR count). The van der Waals surface area contributed by atoms with E-state index in [-0.39, 0.29) is 10.8 Å². The third-order valence-electron chi connectivity index (χ3n) is 3.75. The molecule has 0 aromatic heterocycles. The maximum absolute atomic E-state index is 12.2. The monoisotopic (exact) mass is 389 g/mol. The second kappa shape index (κ2) is 9.18. The lowest BCUT2D eigenvalue weighted by Gasteiger charge is -2.10. The van der Waals surface area contributed by atoms with Crippen LogP contribution in [0, 0.1) is 6.92 Å². The number of hydrogen-bond donors (Lipinski definition) is 3. The Hall–Kier alpha value is -2.87. The van der Waals surface area contributed by atoms with Crippen molar-refractivity contribution < 1.29 is 18.0 Å². The van der Waals surface area contributed by atoms with E-state index in [0.717, 1.165) is 18.4 Å². The van der Waals surface area contributed by atoms with Gasteiger partial charge in [-0.05, 0) is 55.3 Å². The Kier molecular flexibility index (Phi) is 6.95. The second-order valence-corrected chi connectivity index (χ2v) is 7.75. The summed E-state index contributed by atoms with van der Waals surface area (Å²) in [5.74, 6) is -0.193. The number of urea groups is 1. The molecular weight excluding hydrogens is 366 g/mol. The van der Waals surface area contributed by atoms with Crippen molar-refractivity contribution in [3.05, 3.63) is 59.7 Å². The molecule has 0 unspecified atom stereocenters. The normalized spacial score (nSPS) is 10.9. The molecule has 0 fully saturated rings. The zero-order chi connectivity index (χ0) is 19.9. The summed E-state index contributed by atoms with van der Waals surface area (Å²) in [6.45, 7) is 4.41. The van der Waals surface area contributed by atoms with E-state index < -0.39 is 16.1 Å². The largest absolute Gasteiger partial charge is 0.352 e. The molecule has 2 aromatic rings. The topological polar surface area (TPSA) is 104 Å². The molecule has 0 heterocycles. The van der Waals surface area contributed by atoms with Crippen LogP contribution in [-0.4, -0.2) is 26.9 Å². The van der Waals surface area contributed by atoms with Crippen LogP contribution in [0.15, 0.2) is 53.4 Å². The molecule has 27 heavy (non-hydrogen) atoms. The summed E-state index contributed by atoms with van der Waals surface area (Å²) < 4.78 is 26.4. The molecule has 0 aliphatic carbocycles. The van der Waals surface area contributed by atoms with Gasteiger partial charge in [-0.1, -0.05) is 25.5 Å². The Balaban J connectivity index is 1.96. The van der Waals surface area contributed by atoms with Crippen molar-refractivity contribution in [3.8, 4) is 0 Å². The van der Waals surface area contributed by atoms with Crippen LogP contribution in [0.1, 0.15) is 35.7 Å². The lowest BCUT2D eigenvalue weighted by atomic mass is 10.2. The Morgan fingerprint density at radius 3 is 2.37 bits per heavy atom. The van der Waals surface area contributed by atoms with Gasteiger partial charge in [0.2, 0.25) is 0 Å². The molecule has 2 aromatic carbocycles. The number of rotatable bonds is 7. The summed E-state index contributed by atoms with van der Waals surface area (Å²) in [7, 11) is -3.96. The summed E-state index contributed by atoms with van der Waals surface area (Å²) in [5.41, 5.74) is 1.60. The van der Waals surface area contributed by atoms with Crippen molar-refractivity contribution in [2.45, 2.75) is 31.6 Å². The number of benzene rings is 2. The molecule has 144 valence electrons. The standard InChI is InChI=1S/C19H23N3O4S/c1-3-4-12-20-18(23)15-8-10-16(11-9-15)21-19(24)22-27(25,26)17-7-5-6-14(2)13-17/h5-11,13H,3-4,12H2,1-2H3,(H,20,23)(H2,21,22,24). The molecule has 0 saturated carbocycles. The third kappa shape index (κ3) is 6.10. The lowest BCUT2D eigenvalue weighted by molar-refractivity contribution is 0.0953. The van der Waals surface area contributed by atoms with E-state index >= 15 is 0 Å². The van der Waals surface area contributed by atoms with Crippen molar-refractivity contribution >= 4 is 27.6 Å². The maximum Gasteiger partial charge on any atom is 0.333 e. The highest BCUT2D eigenvalue weighted by Crippen LogP contribution is 2.12. The molecule has 0 bridgehead atoms. The van der Waals surface area contributed by atoms with Gasteiger partial charge in [-0.25, -0.2) is 17.9 Å². The molecule has 0 aliphatic heterocycles. The van der Waals surface area contributed by atoms with Crippen LogP contribution in [-0.2, 0) is 10.0 Å². The SMILES string of the molecule is CCCCNC(=O)c1ccc(NC(=O)NS(=O)(=O)c2cccc(C)c2)cc1. The van der Waals surface area contributed by atoms with Gasteiger partial charge in [-0.15, -0.1) is 0 Å². The van der Waals surface area contributed by atoms with E-state index in [0.29, 0.717) is 17.8 Å². The molecule has 0 spiro atoms. The minimum Gasteiger partial charge on any atom is -0.352 e. The van der Waals surface area contributed by atoms with Crippen LogP contribution >= 0.6 is 0 Å². The first kappa shape index (κ1) is 20.4. The van der Waals surface area contributed by atoms with Gasteiger partial charge in [-0.3, -0.25) is 4.79 Å². The maximum atomic E-state index is 12.2. The van der Waals surface area contributed by atoms with E-state index in [2.05, 4.69) is 10.6 Å². The molecule has 0 radical (unpaired) electrons. The molecule has 8 heteroatoms. The smallest absolute Gasteiger partial charge is 0.333 e. The molecule has 3 amide bonds. The van der Waals surface area contributed by atoms with Crippen molar-refractivity contribution in [1.82, 2.24) is 10.0 Å². The number of sulfonamides is 1. The number of hydrogen-bond acceptors (Lipinski definition) is 4. The third-order valence-corrected chi connectivity index (χ3v) is 5.08. The van der Waals surface area contributed by atoms with Gasteiger partial charge in [-0.2, -0.15) is 0 Å². The van der Waals surface area contributed by atoms with E-state index in [9.17, 15) is 18.0 Å². The Labute approximate surface area is 159 Å². The van der Waals surface area contributed by atoms with Gasteiger partial charge in [0.25, 0.3) is 15.9 Å². The molecular formula is C19H23N3O4S. The first-order chi connectivity index (χ1) is 12.8. The van der Waals surface area contributed by atoms with Crippen LogP contribution < -0.4 is 15.4 Å². The predicted octanol–water partition coefficient (Wildman–Crippen LogP) is 3.04. The molecule has 3 N–H and O–H groups in total. The quantitative estimate of drug-likeness (QED) is 0.633. The molecule has 0 aliphatic rings. The van der Waals surface area contributed by atoms with Crippen molar-refractivity contribution in [2.24, 2.45) is 0 Å². The fourth-order valence-corrected chi connectivity index (χ4v) is 3.32. The van der Waals surface area contributed by atoms with Crippen LogP contribution in [0.25, 0.3) is 0 Å². The predicted molar refractivity (Wildman–Crippen MR) is 104 cm³/mol. The highest BCUT2D eigenvalue weighted by molar-refractivity contribution is 7.90. The summed E-state index contributed by atoms with van der Waals surface area (Å²) in [4.78, 5) is 23.9. The second-order valence-electron chi connectivity index (χ2n) is 6.06. The average molecular weight is 389 g/mol. The number of amides is 3. The zero-order valence-electron chi connectivity index (χ0n) is 15.3. The average Bonchev–Trinajstić information content (AvgIpc) is 2.62. The number of aryl methyl sites for hydroxylation is 1. The zero-order valence-corrected chi connectivity index (χ0v) is 16.1. The number of anilines is 1. The van der Waals surface area contributed by atoms with E-state index in [1.165, 1.54) is 24.3 Å². The summed E-state index contributed by atoms with van der Waals surface area (Å²) in [6, 6.07) is 11.6. The van der Waals surface area contributed by atoms with Gasteiger partial charge in [0.1, 0.15) is 0 Å². The van der Waals surface area contributed by atoms with Crippen molar-refractivity contribution in [1.29, 1.82) is 0 Å². The highest BCUT2D eigenvalue weighted by atomic mass is 32.2. The van der Waals surface area contributed by atoms with Gasteiger partial charge in [0.05, 0.1) is 4.90 Å². The number of unbranched alkanes of at least 4 members (excludes halogenated alkanes) is 1. The minimum absolute atomic E-state index is 0.0109. The summed E-state index contributed by atoms with van der Waals surface area (Å²) in [5, 5.41) is 5.24. The Morgan fingerprint density at radius 1 is 1.04 bits per heavy atom. The first-order valence-electron chi connectivity index (χ1n) is 8.60. The van der Waals surface area contributed by atoms with E-state index in [4.69, 9.17) is 0 Å². The lowest BCUT2D eigenvalue weighted by Crippen LogP contribution is -2.34.